The van der Waals surface area contributed by atoms with Crippen LogP contribution >= 0.6 is 11.3 Å². The summed E-state index contributed by atoms with van der Waals surface area (Å²) in [6.07, 6.45) is 4.57. The van der Waals surface area contributed by atoms with Crippen LogP contribution in [0, 0.1) is 0 Å². The number of aromatic nitrogens is 1. The molecule has 1 aromatic carbocycles. The topological polar surface area (TPSA) is 102 Å². The molecular formula is C25H30N2O6S. The highest BCUT2D eigenvalue weighted by Crippen LogP contribution is 2.32. The van der Waals surface area contributed by atoms with E-state index in [9.17, 15) is 4.79 Å². The molecule has 182 valence electrons. The molecule has 1 aliphatic heterocycles. The highest BCUT2D eigenvalue weighted by atomic mass is 32.1. The van der Waals surface area contributed by atoms with E-state index in [1.54, 1.807) is 18.4 Å². The Balaban J connectivity index is 1.36. The van der Waals surface area contributed by atoms with Crippen molar-refractivity contribution >= 4 is 28.1 Å². The van der Waals surface area contributed by atoms with E-state index in [0.717, 1.165) is 27.8 Å². The number of fused-ring (bicyclic) bond motifs is 1. The van der Waals surface area contributed by atoms with Crippen molar-refractivity contribution in [2.45, 2.75) is 25.0 Å². The standard InChI is InChI=1S/C25H30N2O6S/c1-30-20-2-3-22-21(14-20)17(15-27-22)4-6-26-25(29)23-12-19(18-5-11-34-16-18)13-24(33-23)32-10-9-31-8-7-28/h2-3,5,11-12,14-16,19,24,27-28H,4,6-10,13H2,1H3,(H,26,29)/t19-,24+/m1/s1. The third-order valence-corrected chi connectivity index (χ3v) is 6.38. The molecule has 4 rings (SSSR count). The summed E-state index contributed by atoms with van der Waals surface area (Å²) in [6, 6.07) is 7.95. The van der Waals surface area contributed by atoms with Gasteiger partial charge in [0.25, 0.3) is 5.91 Å². The van der Waals surface area contributed by atoms with Crippen LogP contribution in [-0.4, -0.2) is 62.4 Å². The molecule has 1 amide bonds. The summed E-state index contributed by atoms with van der Waals surface area (Å²) in [4.78, 5) is 16.2. The van der Waals surface area contributed by atoms with Crippen LogP contribution in [0.1, 0.15) is 23.5 Å². The summed E-state index contributed by atoms with van der Waals surface area (Å²) in [5.41, 5.74) is 3.27. The minimum Gasteiger partial charge on any atom is -0.497 e. The Morgan fingerprint density at radius 2 is 2.21 bits per heavy atom. The molecule has 1 aliphatic rings. The number of methoxy groups -OCH3 is 1. The summed E-state index contributed by atoms with van der Waals surface area (Å²) < 4.78 is 22.3. The van der Waals surface area contributed by atoms with Gasteiger partial charge in [-0.2, -0.15) is 11.3 Å². The molecule has 0 saturated carbocycles. The van der Waals surface area contributed by atoms with Crippen LogP contribution in [0.2, 0.25) is 0 Å². The predicted molar refractivity (Wildman–Crippen MR) is 130 cm³/mol. The second kappa shape index (κ2) is 12.0. The molecule has 2 aromatic heterocycles. The minimum atomic E-state index is -0.547. The molecule has 0 fully saturated rings. The van der Waals surface area contributed by atoms with Crippen LogP contribution in [0.3, 0.4) is 0 Å². The number of aliphatic hydroxyl groups excluding tert-OH is 1. The van der Waals surface area contributed by atoms with E-state index in [0.29, 0.717) is 32.6 Å². The molecule has 3 aromatic rings. The molecule has 3 N–H and O–H groups in total. The zero-order valence-electron chi connectivity index (χ0n) is 19.1. The maximum absolute atomic E-state index is 12.9. The monoisotopic (exact) mass is 486 g/mol. The highest BCUT2D eigenvalue weighted by Gasteiger charge is 2.28. The predicted octanol–water partition coefficient (Wildman–Crippen LogP) is 3.34. The lowest BCUT2D eigenvalue weighted by Gasteiger charge is -2.29. The first kappa shape index (κ1) is 24.3. The fourth-order valence-corrected chi connectivity index (χ4v) is 4.66. The maximum atomic E-state index is 12.9. The molecule has 2 atom stereocenters. The molecule has 0 unspecified atom stereocenters. The number of ether oxygens (including phenoxy) is 4. The summed E-state index contributed by atoms with van der Waals surface area (Å²) >= 11 is 1.62. The van der Waals surface area contributed by atoms with Crippen LogP contribution in [0.25, 0.3) is 10.9 Å². The second-order valence-electron chi connectivity index (χ2n) is 7.92. The van der Waals surface area contributed by atoms with Gasteiger partial charge in [0.15, 0.2) is 5.76 Å². The second-order valence-corrected chi connectivity index (χ2v) is 8.70. The number of nitrogens with one attached hydrogen (secondary N) is 2. The van der Waals surface area contributed by atoms with Crippen molar-refractivity contribution < 1.29 is 28.8 Å². The lowest BCUT2D eigenvalue weighted by atomic mass is 9.95. The van der Waals surface area contributed by atoms with Gasteiger partial charge in [0, 0.05) is 36.0 Å². The number of amides is 1. The number of hydrogen-bond donors (Lipinski definition) is 3. The van der Waals surface area contributed by atoms with Gasteiger partial charge < -0.3 is 34.4 Å². The van der Waals surface area contributed by atoms with Gasteiger partial charge in [-0.25, -0.2) is 0 Å². The average molecular weight is 487 g/mol. The van der Waals surface area contributed by atoms with Gasteiger partial charge in [0.05, 0.1) is 33.5 Å². The van der Waals surface area contributed by atoms with Gasteiger partial charge in [-0.15, -0.1) is 0 Å². The zero-order valence-corrected chi connectivity index (χ0v) is 19.9. The van der Waals surface area contributed by atoms with E-state index in [1.165, 1.54) is 0 Å². The number of allylic oxidation sites excluding steroid dienone is 1. The molecule has 3 heterocycles. The van der Waals surface area contributed by atoms with E-state index in [4.69, 9.17) is 24.1 Å². The number of hydrogen-bond acceptors (Lipinski definition) is 7. The third kappa shape index (κ3) is 6.18. The Morgan fingerprint density at radius 3 is 3.00 bits per heavy atom. The van der Waals surface area contributed by atoms with E-state index in [2.05, 4.69) is 21.7 Å². The largest absolute Gasteiger partial charge is 0.497 e. The number of H-pyrrole nitrogens is 1. The number of thiophene rings is 1. The van der Waals surface area contributed by atoms with Crippen molar-refractivity contribution in [3.63, 3.8) is 0 Å². The first-order valence-corrected chi connectivity index (χ1v) is 12.2. The van der Waals surface area contributed by atoms with Crippen LogP contribution in [0.15, 0.2) is 53.1 Å². The molecule has 0 bridgehead atoms. The molecule has 0 saturated heterocycles. The first-order chi connectivity index (χ1) is 16.7. The van der Waals surface area contributed by atoms with Crippen molar-refractivity contribution in [3.8, 4) is 5.75 Å². The fourth-order valence-electron chi connectivity index (χ4n) is 3.93. The van der Waals surface area contributed by atoms with E-state index >= 15 is 0 Å². The normalized spacial score (nSPS) is 17.9. The Bertz CT molecular complexity index is 1090. The van der Waals surface area contributed by atoms with Crippen molar-refractivity contribution in [2.75, 3.05) is 40.1 Å². The lowest BCUT2D eigenvalue weighted by Crippen LogP contribution is -2.34. The molecular weight excluding hydrogens is 456 g/mol. The first-order valence-electron chi connectivity index (χ1n) is 11.3. The van der Waals surface area contributed by atoms with Crippen LogP contribution < -0.4 is 10.1 Å². The summed E-state index contributed by atoms with van der Waals surface area (Å²) in [5.74, 6) is 0.836. The van der Waals surface area contributed by atoms with E-state index in [1.807, 2.05) is 35.9 Å². The number of aromatic amines is 1. The van der Waals surface area contributed by atoms with Crippen LogP contribution in [0.5, 0.6) is 5.75 Å². The summed E-state index contributed by atoms with van der Waals surface area (Å²) in [5, 5.41) is 17.0. The van der Waals surface area contributed by atoms with Crippen molar-refractivity contribution in [1.29, 1.82) is 0 Å². The zero-order chi connectivity index (χ0) is 23.8. The Kier molecular flexibility index (Phi) is 8.59. The summed E-state index contributed by atoms with van der Waals surface area (Å²) in [7, 11) is 1.65. The Morgan fingerprint density at radius 1 is 1.29 bits per heavy atom. The van der Waals surface area contributed by atoms with Crippen molar-refractivity contribution in [2.24, 2.45) is 0 Å². The lowest BCUT2D eigenvalue weighted by molar-refractivity contribution is -0.151. The summed E-state index contributed by atoms with van der Waals surface area (Å²) in [6.45, 7) is 1.37. The number of benzene rings is 1. The van der Waals surface area contributed by atoms with Crippen LogP contribution in [0.4, 0.5) is 0 Å². The number of aliphatic hydroxyl groups is 1. The number of carbonyl (C=O) groups excluding carboxylic acids is 1. The molecule has 0 aliphatic carbocycles. The smallest absolute Gasteiger partial charge is 0.286 e. The quantitative estimate of drug-likeness (QED) is 0.340. The van der Waals surface area contributed by atoms with Crippen LogP contribution in [-0.2, 0) is 25.4 Å². The average Bonchev–Trinajstić information content (AvgIpc) is 3.54. The Hall–Kier alpha value is -2.85. The molecule has 8 nitrogen and oxygen atoms in total. The van der Waals surface area contributed by atoms with Gasteiger partial charge in [0.2, 0.25) is 6.29 Å². The van der Waals surface area contributed by atoms with Gasteiger partial charge >= 0.3 is 0 Å². The molecule has 0 radical (unpaired) electrons. The van der Waals surface area contributed by atoms with Gasteiger partial charge in [0.1, 0.15) is 5.75 Å². The van der Waals surface area contributed by atoms with Crippen molar-refractivity contribution in [3.05, 3.63) is 64.2 Å². The molecule has 34 heavy (non-hydrogen) atoms. The minimum absolute atomic E-state index is 0.0285. The Labute approximate surface area is 202 Å². The third-order valence-electron chi connectivity index (χ3n) is 5.67. The van der Waals surface area contributed by atoms with E-state index < -0.39 is 6.29 Å². The molecule has 9 heteroatoms. The van der Waals surface area contributed by atoms with Gasteiger partial charge in [-0.3, -0.25) is 4.79 Å². The van der Waals surface area contributed by atoms with Crippen molar-refractivity contribution in [1.82, 2.24) is 10.3 Å². The maximum Gasteiger partial charge on any atom is 0.286 e. The van der Waals surface area contributed by atoms with Gasteiger partial charge in [-0.1, -0.05) is 0 Å². The van der Waals surface area contributed by atoms with Gasteiger partial charge in [-0.05, 0) is 58.6 Å². The highest BCUT2D eigenvalue weighted by molar-refractivity contribution is 7.08. The fraction of sp³-hybridized carbons (Fsp3) is 0.400. The van der Waals surface area contributed by atoms with E-state index in [-0.39, 0.29) is 30.8 Å². The number of carbonyl (C=O) groups is 1. The molecule has 0 spiro atoms. The number of rotatable bonds is 12. The SMILES string of the molecule is COc1ccc2[nH]cc(CCNC(=O)C3=C[C@@H](c4ccsc4)C[C@@H](OCCOCCO)O3)c2c1.